The first-order valence-electron chi connectivity index (χ1n) is 7.48. The number of hydrogen-bond acceptors (Lipinski definition) is 5. The van der Waals surface area contributed by atoms with Gasteiger partial charge >= 0.3 is 0 Å². The van der Waals surface area contributed by atoms with Gasteiger partial charge in [-0.05, 0) is 37.2 Å². The first-order chi connectivity index (χ1) is 10.3. The van der Waals surface area contributed by atoms with Crippen LogP contribution in [0.15, 0.2) is 24.3 Å². The van der Waals surface area contributed by atoms with Gasteiger partial charge in [0.05, 0.1) is 31.0 Å². The minimum atomic E-state index is -0.527. The minimum absolute atomic E-state index is 0.527. The van der Waals surface area contributed by atoms with Gasteiger partial charge in [-0.3, -0.25) is 4.90 Å². The lowest BCUT2D eigenvalue weighted by molar-refractivity contribution is 0.0373. The molecule has 0 bridgehead atoms. The van der Waals surface area contributed by atoms with Crippen molar-refractivity contribution in [2.75, 3.05) is 45.9 Å². The van der Waals surface area contributed by atoms with Crippen molar-refractivity contribution in [2.45, 2.75) is 12.5 Å². The zero-order chi connectivity index (χ0) is 14.9. The minimum Gasteiger partial charge on any atom is -0.387 e. The molecule has 5 nitrogen and oxygen atoms in total. The van der Waals surface area contributed by atoms with Crippen LogP contribution in [0.4, 0.5) is 0 Å². The van der Waals surface area contributed by atoms with Crippen LogP contribution >= 0.6 is 0 Å². The summed E-state index contributed by atoms with van der Waals surface area (Å²) in [5, 5.41) is 22.1. The Balaban J connectivity index is 1.60. The Bertz CT molecular complexity index is 450. The summed E-state index contributed by atoms with van der Waals surface area (Å²) in [5.41, 5.74) is 1.46. The van der Waals surface area contributed by atoms with Crippen molar-refractivity contribution in [3.8, 4) is 6.07 Å². The van der Waals surface area contributed by atoms with Gasteiger partial charge in [0, 0.05) is 19.6 Å². The summed E-state index contributed by atoms with van der Waals surface area (Å²) < 4.78 is 5.31. The molecule has 0 aliphatic carbocycles. The van der Waals surface area contributed by atoms with E-state index in [4.69, 9.17) is 10.00 Å². The molecule has 1 atom stereocenters. The van der Waals surface area contributed by atoms with Gasteiger partial charge in [0.15, 0.2) is 0 Å². The highest BCUT2D eigenvalue weighted by Gasteiger charge is 2.10. The Morgan fingerprint density at radius 3 is 2.67 bits per heavy atom. The third-order valence-electron chi connectivity index (χ3n) is 3.69. The SMILES string of the molecule is N#Cc1ccc(C(O)CNCCCN2CCOCC2)cc1. The van der Waals surface area contributed by atoms with Crippen LogP contribution in [0.2, 0.25) is 0 Å². The number of aliphatic hydroxyl groups is 1. The summed E-state index contributed by atoms with van der Waals surface area (Å²) in [4.78, 5) is 2.40. The third kappa shape index (κ3) is 5.44. The lowest BCUT2D eigenvalue weighted by atomic mass is 10.1. The van der Waals surface area contributed by atoms with Crippen LogP contribution in [-0.4, -0.2) is 55.9 Å². The molecule has 0 aromatic heterocycles. The van der Waals surface area contributed by atoms with Crippen molar-refractivity contribution in [3.05, 3.63) is 35.4 Å². The van der Waals surface area contributed by atoms with Crippen LogP contribution in [-0.2, 0) is 4.74 Å². The smallest absolute Gasteiger partial charge is 0.0991 e. The number of ether oxygens (including phenoxy) is 1. The number of nitriles is 1. The lowest BCUT2D eigenvalue weighted by Crippen LogP contribution is -2.37. The molecule has 1 heterocycles. The second kappa shape index (κ2) is 8.75. The third-order valence-corrected chi connectivity index (χ3v) is 3.69. The first kappa shape index (κ1) is 15.9. The molecule has 5 heteroatoms. The summed E-state index contributed by atoms with van der Waals surface area (Å²) in [5.74, 6) is 0. The molecule has 1 aromatic carbocycles. The predicted molar refractivity (Wildman–Crippen MR) is 80.9 cm³/mol. The molecule has 21 heavy (non-hydrogen) atoms. The van der Waals surface area contributed by atoms with Gasteiger partial charge in [0.25, 0.3) is 0 Å². The molecule has 2 N–H and O–H groups in total. The number of rotatable bonds is 7. The van der Waals surface area contributed by atoms with Crippen molar-refractivity contribution in [3.63, 3.8) is 0 Å². The quantitative estimate of drug-likeness (QED) is 0.730. The monoisotopic (exact) mass is 289 g/mol. The van der Waals surface area contributed by atoms with E-state index in [2.05, 4.69) is 16.3 Å². The van der Waals surface area contributed by atoms with E-state index in [0.717, 1.165) is 51.4 Å². The van der Waals surface area contributed by atoms with Gasteiger partial charge in [-0.15, -0.1) is 0 Å². The Morgan fingerprint density at radius 2 is 2.00 bits per heavy atom. The van der Waals surface area contributed by atoms with Crippen molar-refractivity contribution < 1.29 is 9.84 Å². The standard InChI is InChI=1S/C16H23N3O2/c17-12-14-2-4-15(5-3-14)16(20)13-18-6-1-7-19-8-10-21-11-9-19/h2-5,16,18,20H,1,6-11,13H2. The summed E-state index contributed by atoms with van der Waals surface area (Å²) in [7, 11) is 0. The van der Waals surface area contributed by atoms with Crippen LogP contribution in [0.3, 0.4) is 0 Å². The fourth-order valence-electron chi connectivity index (χ4n) is 2.39. The number of aliphatic hydroxyl groups excluding tert-OH is 1. The molecule has 1 aliphatic rings. The largest absolute Gasteiger partial charge is 0.387 e. The van der Waals surface area contributed by atoms with Gasteiger partial charge in [-0.1, -0.05) is 12.1 Å². The van der Waals surface area contributed by atoms with E-state index in [-0.39, 0.29) is 0 Å². The van der Waals surface area contributed by atoms with E-state index in [1.54, 1.807) is 24.3 Å². The van der Waals surface area contributed by atoms with E-state index in [1.807, 2.05) is 0 Å². The molecule has 0 amide bonds. The van der Waals surface area contributed by atoms with Gasteiger partial charge in [-0.2, -0.15) is 5.26 Å². The van der Waals surface area contributed by atoms with E-state index >= 15 is 0 Å². The fourth-order valence-corrected chi connectivity index (χ4v) is 2.39. The molecule has 1 aliphatic heterocycles. The summed E-state index contributed by atoms with van der Waals surface area (Å²) >= 11 is 0. The van der Waals surface area contributed by atoms with Crippen molar-refractivity contribution in [1.29, 1.82) is 5.26 Å². The number of nitrogens with one attached hydrogen (secondary N) is 1. The van der Waals surface area contributed by atoms with Gasteiger partial charge in [-0.25, -0.2) is 0 Å². The molecule has 114 valence electrons. The Morgan fingerprint density at radius 1 is 1.29 bits per heavy atom. The van der Waals surface area contributed by atoms with Crippen LogP contribution in [0, 0.1) is 11.3 Å². The molecule has 0 spiro atoms. The summed E-state index contributed by atoms with van der Waals surface area (Å²) in [6.07, 6.45) is 0.543. The second-order valence-electron chi connectivity index (χ2n) is 5.26. The fraction of sp³-hybridized carbons (Fsp3) is 0.562. The molecular weight excluding hydrogens is 266 g/mol. The molecule has 2 rings (SSSR count). The Hall–Kier alpha value is -1.45. The zero-order valence-corrected chi connectivity index (χ0v) is 12.3. The molecule has 0 saturated carbocycles. The maximum atomic E-state index is 10.1. The number of morpholine rings is 1. The van der Waals surface area contributed by atoms with E-state index in [0.29, 0.717) is 12.1 Å². The molecule has 1 saturated heterocycles. The van der Waals surface area contributed by atoms with Crippen LogP contribution in [0.5, 0.6) is 0 Å². The molecular formula is C16H23N3O2. The maximum Gasteiger partial charge on any atom is 0.0991 e. The van der Waals surface area contributed by atoms with Gasteiger partial charge < -0.3 is 15.2 Å². The van der Waals surface area contributed by atoms with Crippen molar-refractivity contribution in [1.82, 2.24) is 10.2 Å². The Kier molecular flexibility index (Phi) is 6.64. The molecule has 1 aromatic rings. The number of benzene rings is 1. The molecule has 1 unspecified atom stereocenters. The Labute approximate surface area is 126 Å². The van der Waals surface area contributed by atoms with Gasteiger partial charge in [0.1, 0.15) is 0 Å². The zero-order valence-electron chi connectivity index (χ0n) is 12.3. The highest BCUT2D eigenvalue weighted by Crippen LogP contribution is 2.12. The first-order valence-corrected chi connectivity index (χ1v) is 7.48. The van der Waals surface area contributed by atoms with Crippen LogP contribution in [0.25, 0.3) is 0 Å². The molecule has 0 radical (unpaired) electrons. The van der Waals surface area contributed by atoms with E-state index in [9.17, 15) is 5.11 Å². The normalized spacial score (nSPS) is 17.3. The average Bonchev–Trinajstić information content (AvgIpc) is 2.55. The van der Waals surface area contributed by atoms with Crippen molar-refractivity contribution >= 4 is 0 Å². The summed E-state index contributed by atoms with van der Waals surface area (Å²) in [6.45, 7) is 6.22. The molecule has 1 fully saturated rings. The number of hydrogen-bond donors (Lipinski definition) is 2. The highest BCUT2D eigenvalue weighted by molar-refractivity contribution is 5.32. The number of nitrogens with zero attached hydrogens (tertiary/aromatic N) is 2. The van der Waals surface area contributed by atoms with Crippen LogP contribution in [0.1, 0.15) is 23.7 Å². The predicted octanol–water partition coefficient (Wildman–Crippen LogP) is 0.904. The van der Waals surface area contributed by atoms with E-state index in [1.165, 1.54) is 0 Å². The lowest BCUT2D eigenvalue weighted by Gasteiger charge is -2.26. The van der Waals surface area contributed by atoms with Crippen molar-refractivity contribution in [2.24, 2.45) is 0 Å². The van der Waals surface area contributed by atoms with E-state index < -0.39 is 6.10 Å². The maximum absolute atomic E-state index is 10.1. The second-order valence-corrected chi connectivity index (χ2v) is 5.26. The average molecular weight is 289 g/mol. The topological polar surface area (TPSA) is 68.5 Å². The van der Waals surface area contributed by atoms with Crippen LogP contribution < -0.4 is 5.32 Å². The summed E-state index contributed by atoms with van der Waals surface area (Å²) in [6, 6.07) is 9.15. The highest BCUT2D eigenvalue weighted by atomic mass is 16.5. The van der Waals surface area contributed by atoms with Gasteiger partial charge in [0.2, 0.25) is 0 Å².